The van der Waals surface area contributed by atoms with Gasteiger partial charge in [-0.05, 0) is 37.6 Å². The van der Waals surface area contributed by atoms with E-state index in [0.717, 1.165) is 22.5 Å². The molecule has 0 unspecified atom stereocenters. The number of H-pyrrole nitrogens is 1. The molecule has 0 aliphatic carbocycles. The summed E-state index contributed by atoms with van der Waals surface area (Å²) < 4.78 is 26.1. The smallest absolute Gasteiger partial charge is 0.258 e. The van der Waals surface area contributed by atoms with Gasteiger partial charge in [0.2, 0.25) is 0 Å². The molecule has 3 heterocycles. The standard InChI is InChI=1S/C23H19FN4O3/c1-12-22(13(2)31-27-12)17-9-16-18(10-19(17)30-3)28-20(25-11-21(28)26-23(16)29)8-14-4-6-15(24)7-5-14/h4-7,9-11H,8H2,1-3H3,(H,26,29). The minimum Gasteiger partial charge on any atom is -0.496 e. The minimum atomic E-state index is -0.289. The SMILES string of the molecule is COc1cc2c(cc1-c1c(C)noc1C)c(=O)[nH]c1cnc(Cc3ccc(F)cc3)n12. The molecule has 0 radical (unpaired) electrons. The summed E-state index contributed by atoms with van der Waals surface area (Å²) in [6.45, 7) is 3.67. The van der Waals surface area contributed by atoms with Crippen LogP contribution in [0.4, 0.5) is 4.39 Å². The molecule has 0 spiro atoms. The van der Waals surface area contributed by atoms with Crippen LogP contribution in [0.1, 0.15) is 22.8 Å². The molecule has 3 aromatic heterocycles. The summed E-state index contributed by atoms with van der Waals surface area (Å²) in [4.78, 5) is 20.3. The second-order valence-corrected chi connectivity index (χ2v) is 7.42. The van der Waals surface area contributed by atoms with Gasteiger partial charge in [0.05, 0.1) is 35.5 Å². The number of nitrogens with one attached hydrogen (secondary N) is 1. The van der Waals surface area contributed by atoms with Crippen LogP contribution in [0.2, 0.25) is 0 Å². The quantitative estimate of drug-likeness (QED) is 0.473. The Morgan fingerprint density at radius 2 is 1.97 bits per heavy atom. The van der Waals surface area contributed by atoms with Gasteiger partial charge >= 0.3 is 0 Å². The summed E-state index contributed by atoms with van der Waals surface area (Å²) in [7, 11) is 1.58. The zero-order valence-corrected chi connectivity index (χ0v) is 17.2. The lowest BCUT2D eigenvalue weighted by Gasteiger charge is -2.12. The summed E-state index contributed by atoms with van der Waals surface area (Å²) >= 11 is 0. The lowest BCUT2D eigenvalue weighted by atomic mass is 10.0. The van der Waals surface area contributed by atoms with Crippen LogP contribution in [-0.2, 0) is 6.42 Å². The van der Waals surface area contributed by atoms with Crippen molar-refractivity contribution < 1.29 is 13.7 Å². The molecule has 0 atom stereocenters. The summed E-state index contributed by atoms with van der Waals surface area (Å²) in [6.07, 6.45) is 2.10. The van der Waals surface area contributed by atoms with Crippen molar-refractivity contribution >= 4 is 16.6 Å². The number of aryl methyl sites for hydroxylation is 2. The number of aromatic amines is 1. The second-order valence-electron chi connectivity index (χ2n) is 7.42. The number of methoxy groups -OCH3 is 1. The molecule has 5 aromatic rings. The first kappa shape index (κ1) is 19.0. The van der Waals surface area contributed by atoms with Crippen LogP contribution in [0, 0.1) is 19.7 Å². The Labute approximate surface area is 176 Å². The van der Waals surface area contributed by atoms with Crippen molar-refractivity contribution in [2.75, 3.05) is 7.11 Å². The number of halogens is 1. The topological polar surface area (TPSA) is 85.4 Å². The van der Waals surface area contributed by atoms with Crippen LogP contribution in [0.5, 0.6) is 5.75 Å². The van der Waals surface area contributed by atoms with Crippen LogP contribution in [-0.4, -0.2) is 26.6 Å². The molecular weight excluding hydrogens is 399 g/mol. The highest BCUT2D eigenvalue weighted by molar-refractivity contribution is 5.90. The van der Waals surface area contributed by atoms with E-state index in [1.54, 1.807) is 31.5 Å². The number of rotatable bonds is 4. The van der Waals surface area contributed by atoms with E-state index < -0.39 is 0 Å². The van der Waals surface area contributed by atoms with E-state index in [2.05, 4.69) is 15.1 Å². The van der Waals surface area contributed by atoms with E-state index in [9.17, 15) is 9.18 Å². The first-order chi connectivity index (χ1) is 15.0. The maximum Gasteiger partial charge on any atom is 0.258 e. The van der Waals surface area contributed by atoms with E-state index in [4.69, 9.17) is 9.26 Å². The molecule has 156 valence electrons. The van der Waals surface area contributed by atoms with Gasteiger partial charge in [-0.15, -0.1) is 0 Å². The van der Waals surface area contributed by atoms with Crippen molar-refractivity contribution in [2.24, 2.45) is 0 Å². The zero-order chi connectivity index (χ0) is 21.7. The Kier molecular flexibility index (Phi) is 4.35. The second kappa shape index (κ2) is 7.09. The molecule has 0 amide bonds. The third kappa shape index (κ3) is 3.07. The summed E-state index contributed by atoms with van der Waals surface area (Å²) in [5, 5.41) is 4.51. The van der Waals surface area contributed by atoms with Crippen molar-refractivity contribution in [3.05, 3.63) is 81.6 Å². The molecule has 8 heteroatoms. The lowest BCUT2D eigenvalue weighted by Crippen LogP contribution is -2.11. The molecule has 0 saturated heterocycles. The van der Waals surface area contributed by atoms with Crippen LogP contribution in [0.25, 0.3) is 27.7 Å². The number of hydrogen-bond donors (Lipinski definition) is 1. The largest absolute Gasteiger partial charge is 0.496 e. The summed E-state index contributed by atoms with van der Waals surface area (Å²) in [5.74, 6) is 1.67. The van der Waals surface area contributed by atoms with Crippen LogP contribution >= 0.6 is 0 Å². The van der Waals surface area contributed by atoms with E-state index in [0.29, 0.717) is 40.2 Å². The molecule has 7 nitrogen and oxygen atoms in total. The lowest BCUT2D eigenvalue weighted by molar-refractivity contribution is 0.393. The summed E-state index contributed by atoms with van der Waals surface area (Å²) in [5.41, 5.74) is 4.17. The van der Waals surface area contributed by atoms with Crippen molar-refractivity contribution in [2.45, 2.75) is 20.3 Å². The van der Waals surface area contributed by atoms with Gasteiger partial charge in [0.1, 0.15) is 28.8 Å². The highest BCUT2D eigenvalue weighted by Gasteiger charge is 2.20. The number of hydrogen-bond acceptors (Lipinski definition) is 5. The number of imidazole rings is 1. The molecule has 0 bridgehead atoms. The number of benzene rings is 2. The van der Waals surface area contributed by atoms with Gasteiger partial charge in [0, 0.05) is 18.1 Å². The first-order valence-electron chi connectivity index (χ1n) is 9.74. The van der Waals surface area contributed by atoms with Crippen molar-refractivity contribution in [1.82, 2.24) is 19.5 Å². The fraction of sp³-hybridized carbons (Fsp3) is 0.174. The Morgan fingerprint density at radius 1 is 1.19 bits per heavy atom. The van der Waals surface area contributed by atoms with Gasteiger partial charge in [-0.2, -0.15) is 0 Å². The van der Waals surface area contributed by atoms with Crippen LogP contribution in [0.3, 0.4) is 0 Å². The maximum atomic E-state index is 13.3. The third-order valence-electron chi connectivity index (χ3n) is 5.46. The average Bonchev–Trinajstić information content (AvgIpc) is 3.31. The number of aromatic nitrogens is 4. The predicted octanol–water partition coefficient (Wildman–Crippen LogP) is 4.19. The number of ether oxygens (including phenoxy) is 1. The molecule has 0 fully saturated rings. The van der Waals surface area contributed by atoms with Crippen molar-refractivity contribution in [3.63, 3.8) is 0 Å². The predicted molar refractivity (Wildman–Crippen MR) is 114 cm³/mol. The number of nitrogens with zero attached hydrogens (tertiary/aromatic N) is 3. The van der Waals surface area contributed by atoms with Gasteiger partial charge in [-0.1, -0.05) is 17.3 Å². The third-order valence-corrected chi connectivity index (χ3v) is 5.46. The Bertz CT molecular complexity index is 1480. The minimum absolute atomic E-state index is 0.230. The van der Waals surface area contributed by atoms with E-state index in [-0.39, 0.29) is 11.4 Å². The molecule has 1 N–H and O–H groups in total. The molecule has 0 saturated carbocycles. The van der Waals surface area contributed by atoms with Crippen LogP contribution in [0.15, 0.2) is 51.9 Å². The zero-order valence-electron chi connectivity index (χ0n) is 17.2. The van der Waals surface area contributed by atoms with Gasteiger partial charge in [-0.3, -0.25) is 9.20 Å². The fourth-order valence-corrected chi connectivity index (χ4v) is 4.01. The van der Waals surface area contributed by atoms with Crippen LogP contribution < -0.4 is 10.3 Å². The first-order valence-corrected chi connectivity index (χ1v) is 9.74. The van der Waals surface area contributed by atoms with E-state index in [1.807, 2.05) is 24.3 Å². The Hall–Kier alpha value is -3.94. The monoisotopic (exact) mass is 418 g/mol. The fourth-order valence-electron chi connectivity index (χ4n) is 4.01. The van der Waals surface area contributed by atoms with Crippen molar-refractivity contribution in [3.8, 4) is 16.9 Å². The highest BCUT2D eigenvalue weighted by atomic mass is 19.1. The molecule has 0 aliphatic heterocycles. The van der Waals surface area contributed by atoms with Gasteiger partial charge < -0.3 is 14.2 Å². The summed E-state index contributed by atoms with van der Waals surface area (Å²) in [6, 6.07) is 9.91. The molecule has 31 heavy (non-hydrogen) atoms. The van der Waals surface area contributed by atoms with Gasteiger partial charge in [0.15, 0.2) is 0 Å². The highest BCUT2D eigenvalue weighted by Crippen LogP contribution is 2.37. The van der Waals surface area contributed by atoms with Gasteiger partial charge in [-0.25, -0.2) is 9.37 Å². The number of fused-ring (bicyclic) bond motifs is 3. The molecule has 5 rings (SSSR count). The van der Waals surface area contributed by atoms with E-state index in [1.165, 1.54) is 12.1 Å². The maximum absolute atomic E-state index is 13.3. The molecule has 2 aromatic carbocycles. The average molecular weight is 418 g/mol. The Balaban J connectivity index is 1.77. The van der Waals surface area contributed by atoms with Crippen molar-refractivity contribution in [1.29, 1.82) is 0 Å². The van der Waals surface area contributed by atoms with E-state index >= 15 is 0 Å². The van der Waals surface area contributed by atoms with Gasteiger partial charge in [0.25, 0.3) is 5.56 Å². The molecular formula is C23H19FN4O3. The Morgan fingerprint density at radius 3 is 2.65 bits per heavy atom. The molecule has 0 aliphatic rings. The normalized spacial score (nSPS) is 11.5.